The average molecular weight is 205 g/mol. The first-order valence-corrected chi connectivity index (χ1v) is 4.47. The Hall–Kier alpha value is -2.02. The Labute approximate surface area is 88.0 Å². The minimum absolute atomic E-state index is 0.0418. The van der Waals surface area contributed by atoms with Crippen LogP contribution < -0.4 is 4.74 Å². The molecule has 0 aliphatic heterocycles. The maximum Gasteiger partial charge on any atom is 0.304 e. The van der Waals surface area contributed by atoms with Crippen molar-refractivity contribution < 1.29 is 14.3 Å². The summed E-state index contributed by atoms with van der Waals surface area (Å²) in [7, 11) is 0. The topological polar surface area (TPSA) is 59.3 Å². The summed E-state index contributed by atoms with van der Waals surface area (Å²) >= 11 is 0. The van der Waals surface area contributed by atoms with Crippen molar-refractivity contribution in [1.82, 2.24) is 0 Å². The normalized spacial score (nSPS) is 11.2. The maximum atomic E-state index is 10.6. The van der Waals surface area contributed by atoms with Gasteiger partial charge in [-0.25, -0.2) is 0 Å². The lowest BCUT2D eigenvalue weighted by Gasteiger charge is -2.10. The van der Waals surface area contributed by atoms with Crippen LogP contribution in [-0.4, -0.2) is 18.7 Å². The monoisotopic (exact) mass is 205 g/mol. The quantitative estimate of drug-likeness (QED) is 0.699. The van der Waals surface area contributed by atoms with Gasteiger partial charge in [0.05, 0.1) is 0 Å². The van der Waals surface area contributed by atoms with Gasteiger partial charge in [0.1, 0.15) is 18.4 Å². The highest BCUT2D eigenvalue weighted by atomic mass is 16.6. The zero-order valence-corrected chi connectivity index (χ0v) is 8.34. The molecule has 1 aromatic carbocycles. The van der Waals surface area contributed by atoms with Gasteiger partial charge in [0.25, 0.3) is 0 Å². The molecule has 0 unspecified atom stereocenters. The SMILES string of the molecule is CC(=O)O[C@@H](C#N)COc1ccccc1. The zero-order chi connectivity index (χ0) is 11.1. The summed E-state index contributed by atoms with van der Waals surface area (Å²) in [5.41, 5.74) is 0. The third-order valence-corrected chi connectivity index (χ3v) is 1.60. The number of hydrogen-bond acceptors (Lipinski definition) is 4. The van der Waals surface area contributed by atoms with Gasteiger partial charge in [0.15, 0.2) is 0 Å². The van der Waals surface area contributed by atoms with Gasteiger partial charge in [-0.1, -0.05) is 18.2 Å². The van der Waals surface area contributed by atoms with Crippen LogP contribution in [0.1, 0.15) is 6.92 Å². The zero-order valence-electron chi connectivity index (χ0n) is 8.34. The highest BCUT2D eigenvalue weighted by Crippen LogP contribution is 2.08. The maximum absolute atomic E-state index is 10.6. The molecule has 0 aliphatic carbocycles. The van der Waals surface area contributed by atoms with Crippen molar-refractivity contribution >= 4 is 5.97 Å². The van der Waals surface area contributed by atoms with Gasteiger partial charge in [0.2, 0.25) is 6.10 Å². The molecule has 0 heterocycles. The molecule has 15 heavy (non-hydrogen) atoms. The van der Waals surface area contributed by atoms with Crippen LogP contribution in [0.15, 0.2) is 30.3 Å². The number of rotatable bonds is 4. The fourth-order valence-electron chi connectivity index (χ4n) is 0.987. The molecule has 0 N–H and O–H groups in total. The van der Waals surface area contributed by atoms with Crippen LogP contribution in [0.25, 0.3) is 0 Å². The van der Waals surface area contributed by atoms with Gasteiger partial charge in [-0.05, 0) is 12.1 Å². The van der Waals surface area contributed by atoms with Crippen molar-refractivity contribution in [1.29, 1.82) is 5.26 Å². The Morgan fingerprint density at radius 1 is 1.47 bits per heavy atom. The molecule has 0 saturated carbocycles. The number of benzene rings is 1. The van der Waals surface area contributed by atoms with Gasteiger partial charge < -0.3 is 9.47 Å². The van der Waals surface area contributed by atoms with Crippen molar-refractivity contribution in [2.45, 2.75) is 13.0 Å². The van der Waals surface area contributed by atoms with E-state index >= 15 is 0 Å². The van der Waals surface area contributed by atoms with E-state index in [0.717, 1.165) is 0 Å². The van der Waals surface area contributed by atoms with Crippen LogP contribution in [0.5, 0.6) is 5.75 Å². The second-order valence-electron chi connectivity index (χ2n) is 2.85. The number of ether oxygens (including phenoxy) is 2. The van der Waals surface area contributed by atoms with E-state index < -0.39 is 12.1 Å². The van der Waals surface area contributed by atoms with Crippen molar-refractivity contribution in [3.05, 3.63) is 30.3 Å². The minimum atomic E-state index is -0.859. The number of nitrogens with zero attached hydrogens (tertiary/aromatic N) is 1. The molecule has 1 aromatic rings. The van der Waals surface area contributed by atoms with Crippen LogP contribution in [0, 0.1) is 11.3 Å². The molecular formula is C11H11NO3. The van der Waals surface area contributed by atoms with Crippen molar-refractivity contribution in [3.63, 3.8) is 0 Å². The third kappa shape index (κ3) is 4.14. The molecule has 0 aromatic heterocycles. The summed E-state index contributed by atoms with van der Waals surface area (Å²) in [5, 5.41) is 8.65. The predicted molar refractivity (Wildman–Crippen MR) is 53.1 cm³/mol. The summed E-state index contributed by atoms with van der Waals surface area (Å²) in [6.45, 7) is 1.30. The van der Waals surface area contributed by atoms with Crippen LogP contribution in [-0.2, 0) is 9.53 Å². The van der Waals surface area contributed by atoms with E-state index in [0.29, 0.717) is 5.75 Å². The molecule has 4 heteroatoms. The molecule has 0 fully saturated rings. The van der Waals surface area contributed by atoms with E-state index in [1.807, 2.05) is 24.3 Å². The number of nitriles is 1. The highest BCUT2D eigenvalue weighted by Gasteiger charge is 2.10. The molecule has 0 radical (unpaired) electrons. The molecule has 0 amide bonds. The smallest absolute Gasteiger partial charge is 0.304 e. The van der Waals surface area contributed by atoms with Gasteiger partial charge in [-0.15, -0.1) is 0 Å². The molecular weight excluding hydrogens is 194 g/mol. The Bertz CT molecular complexity index is 356. The van der Waals surface area contributed by atoms with Crippen LogP contribution in [0.4, 0.5) is 0 Å². The third-order valence-electron chi connectivity index (χ3n) is 1.60. The number of carbonyl (C=O) groups is 1. The molecule has 78 valence electrons. The van der Waals surface area contributed by atoms with E-state index in [4.69, 9.17) is 14.7 Å². The van der Waals surface area contributed by atoms with E-state index in [2.05, 4.69) is 0 Å². The lowest BCUT2D eigenvalue weighted by atomic mass is 10.3. The van der Waals surface area contributed by atoms with Gasteiger partial charge in [-0.3, -0.25) is 4.79 Å². The van der Waals surface area contributed by atoms with Crippen molar-refractivity contribution in [2.24, 2.45) is 0 Å². The van der Waals surface area contributed by atoms with E-state index in [1.54, 1.807) is 12.1 Å². The van der Waals surface area contributed by atoms with Gasteiger partial charge >= 0.3 is 5.97 Å². The average Bonchev–Trinajstić information content (AvgIpc) is 2.25. The molecule has 0 bridgehead atoms. The Balaban J connectivity index is 2.42. The minimum Gasteiger partial charge on any atom is -0.489 e. The first-order valence-electron chi connectivity index (χ1n) is 4.47. The summed E-state index contributed by atoms with van der Waals surface area (Å²) in [4.78, 5) is 10.6. The number of para-hydroxylation sites is 1. The number of esters is 1. The largest absolute Gasteiger partial charge is 0.489 e. The van der Waals surface area contributed by atoms with E-state index in [9.17, 15) is 4.79 Å². The lowest BCUT2D eigenvalue weighted by Crippen LogP contribution is -2.22. The fraction of sp³-hybridized carbons (Fsp3) is 0.273. The van der Waals surface area contributed by atoms with Gasteiger partial charge in [-0.2, -0.15) is 5.26 Å². The summed E-state index contributed by atoms with van der Waals surface area (Å²) < 4.78 is 9.96. The summed E-state index contributed by atoms with van der Waals surface area (Å²) in [6, 6.07) is 10.9. The molecule has 1 atom stereocenters. The lowest BCUT2D eigenvalue weighted by molar-refractivity contribution is -0.144. The molecule has 1 rings (SSSR count). The first kappa shape index (κ1) is 11.1. The predicted octanol–water partition coefficient (Wildman–Crippen LogP) is 1.52. The fourth-order valence-corrected chi connectivity index (χ4v) is 0.987. The molecule has 0 aliphatic rings. The number of hydrogen-bond donors (Lipinski definition) is 0. The second-order valence-corrected chi connectivity index (χ2v) is 2.85. The molecule has 0 saturated heterocycles. The molecule has 0 spiro atoms. The van der Waals surface area contributed by atoms with E-state index in [1.165, 1.54) is 6.92 Å². The van der Waals surface area contributed by atoms with Gasteiger partial charge in [0, 0.05) is 6.92 Å². The Morgan fingerprint density at radius 2 is 2.13 bits per heavy atom. The number of carbonyl (C=O) groups excluding carboxylic acids is 1. The first-order chi connectivity index (χ1) is 7.22. The summed E-state index contributed by atoms with van der Waals surface area (Å²) in [6.07, 6.45) is -0.859. The summed E-state index contributed by atoms with van der Waals surface area (Å²) in [5.74, 6) is 0.156. The second kappa shape index (κ2) is 5.66. The standard InChI is InChI=1S/C11H11NO3/c1-9(13)15-11(7-12)8-14-10-5-3-2-4-6-10/h2-6,11H,8H2,1H3/t11-/m0/s1. The Kier molecular flexibility index (Phi) is 4.17. The molecule has 4 nitrogen and oxygen atoms in total. The van der Waals surface area contributed by atoms with Crippen LogP contribution in [0.2, 0.25) is 0 Å². The van der Waals surface area contributed by atoms with E-state index in [-0.39, 0.29) is 6.61 Å². The van der Waals surface area contributed by atoms with Crippen molar-refractivity contribution in [2.75, 3.05) is 6.61 Å². The highest BCUT2D eigenvalue weighted by molar-refractivity contribution is 5.66. The van der Waals surface area contributed by atoms with Crippen LogP contribution >= 0.6 is 0 Å². The van der Waals surface area contributed by atoms with Crippen LogP contribution in [0.3, 0.4) is 0 Å². The Morgan fingerprint density at radius 3 is 2.67 bits per heavy atom. The van der Waals surface area contributed by atoms with Crippen molar-refractivity contribution in [3.8, 4) is 11.8 Å².